The van der Waals surface area contributed by atoms with Gasteiger partial charge in [-0.2, -0.15) is 5.10 Å². The van der Waals surface area contributed by atoms with Crippen molar-refractivity contribution in [3.05, 3.63) is 17.5 Å². The Hall–Kier alpha value is -1.85. The van der Waals surface area contributed by atoms with Gasteiger partial charge >= 0.3 is 5.97 Å². The number of aryl methyl sites for hydroxylation is 1. The summed E-state index contributed by atoms with van der Waals surface area (Å²) in [6.07, 6.45) is 0. The molecule has 0 spiro atoms. The quantitative estimate of drug-likeness (QED) is 0.781. The number of ether oxygens (including phenoxy) is 1. The summed E-state index contributed by atoms with van der Waals surface area (Å²) >= 11 is 0. The molecule has 17 heavy (non-hydrogen) atoms. The molecule has 0 aliphatic heterocycles. The average molecular weight is 239 g/mol. The number of H-pyrrole nitrogens is 1. The number of hydrogen-bond donors (Lipinski definition) is 1. The predicted octanol–water partition coefficient (Wildman–Crippen LogP) is 0.599. The van der Waals surface area contributed by atoms with E-state index in [1.165, 1.54) is 12.0 Å². The van der Waals surface area contributed by atoms with Crippen molar-refractivity contribution in [3.8, 4) is 0 Å². The molecule has 6 nitrogen and oxygen atoms in total. The van der Waals surface area contributed by atoms with Crippen LogP contribution in [0.1, 0.15) is 23.1 Å². The number of hydrogen-bond acceptors (Lipinski definition) is 4. The normalized spacial score (nSPS) is 12.0. The lowest BCUT2D eigenvalue weighted by Crippen LogP contribution is -2.34. The van der Waals surface area contributed by atoms with Gasteiger partial charge in [0, 0.05) is 19.3 Å². The minimum absolute atomic E-state index is 0.217. The van der Waals surface area contributed by atoms with Crippen molar-refractivity contribution in [1.82, 2.24) is 15.1 Å². The first kappa shape index (κ1) is 13.2. The Morgan fingerprint density at radius 3 is 2.71 bits per heavy atom. The Balaban J connectivity index is 2.62. The van der Waals surface area contributed by atoms with Crippen LogP contribution >= 0.6 is 0 Å². The van der Waals surface area contributed by atoms with Crippen LogP contribution in [0.5, 0.6) is 0 Å². The summed E-state index contributed by atoms with van der Waals surface area (Å²) in [6.45, 7) is 3.84. The highest BCUT2D eigenvalue weighted by atomic mass is 16.5. The van der Waals surface area contributed by atoms with Crippen LogP contribution in [-0.4, -0.2) is 47.7 Å². The summed E-state index contributed by atoms with van der Waals surface area (Å²) in [6, 6.07) is 1.67. The lowest BCUT2D eigenvalue weighted by molar-refractivity contribution is -0.145. The maximum Gasteiger partial charge on any atom is 0.310 e. The second-order valence-electron chi connectivity index (χ2n) is 4.05. The maximum atomic E-state index is 11.9. The van der Waals surface area contributed by atoms with Gasteiger partial charge in [-0.1, -0.05) is 6.92 Å². The van der Waals surface area contributed by atoms with Gasteiger partial charge < -0.3 is 9.64 Å². The van der Waals surface area contributed by atoms with Crippen LogP contribution in [0, 0.1) is 12.8 Å². The summed E-state index contributed by atoms with van der Waals surface area (Å²) in [5.74, 6) is -0.901. The van der Waals surface area contributed by atoms with E-state index in [-0.39, 0.29) is 17.8 Å². The number of methoxy groups -OCH3 is 1. The van der Waals surface area contributed by atoms with Crippen molar-refractivity contribution in [3.63, 3.8) is 0 Å². The molecular formula is C11H17N3O3. The fourth-order valence-electron chi connectivity index (χ4n) is 1.49. The number of aromatic amines is 1. The summed E-state index contributed by atoms with van der Waals surface area (Å²) in [4.78, 5) is 24.6. The van der Waals surface area contributed by atoms with Gasteiger partial charge in [0.05, 0.1) is 13.0 Å². The van der Waals surface area contributed by atoms with Gasteiger partial charge in [0.25, 0.3) is 5.91 Å². The minimum Gasteiger partial charge on any atom is -0.469 e. The molecule has 94 valence electrons. The molecule has 0 bridgehead atoms. The lowest BCUT2D eigenvalue weighted by Gasteiger charge is -2.19. The standard InChI is InChI=1S/C11H17N3O3/c1-7(11(16)17-4)6-14(3)10(15)9-5-8(2)12-13-9/h5,7H,6H2,1-4H3,(H,12,13). The van der Waals surface area contributed by atoms with Crippen LogP contribution in [0.3, 0.4) is 0 Å². The van der Waals surface area contributed by atoms with E-state index in [1.54, 1.807) is 20.0 Å². The molecule has 1 amide bonds. The van der Waals surface area contributed by atoms with Crippen molar-refractivity contribution in [2.75, 3.05) is 20.7 Å². The molecule has 1 heterocycles. The number of carbonyl (C=O) groups is 2. The van der Waals surface area contributed by atoms with E-state index >= 15 is 0 Å². The van der Waals surface area contributed by atoms with Gasteiger partial charge in [-0.3, -0.25) is 14.7 Å². The molecule has 1 atom stereocenters. The molecule has 1 aromatic heterocycles. The summed E-state index contributed by atoms with van der Waals surface area (Å²) in [5.41, 5.74) is 1.17. The smallest absolute Gasteiger partial charge is 0.310 e. The first-order chi connectivity index (χ1) is 7.95. The van der Waals surface area contributed by atoms with Crippen LogP contribution in [0.15, 0.2) is 6.07 Å². The maximum absolute atomic E-state index is 11.9. The zero-order chi connectivity index (χ0) is 13.0. The molecule has 0 radical (unpaired) electrons. The molecule has 0 saturated heterocycles. The van der Waals surface area contributed by atoms with Gasteiger partial charge in [-0.15, -0.1) is 0 Å². The molecule has 0 saturated carbocycles. The molecular weight excluding hydrogens is 222 g/mol. The minimum atomic E-state index is -0.353. The van der Waals surface area contributed by atoms with Gasteiger partial charge in [0.15, 0.2) is 0 Å². The first-order valence-corrected chi connectivity index (χ1v) is 5.31. The van der Waals surface area contributed by atoms with Crippen LogP contribution in [-0.2, 0) is 9.53 Å². The highest BCUT2D eigenvalue weighted by Gasteiger charge is 2.20. The number of nitrogens with one attached hydrogen (secondary N) is 1. The van der Waals surface area contributed by atoms with Crippen molar-refractivity contribution >= 4 is 11.9 Å². The van der Waals surface area contributed by atoms with Crippen molar-refractivity contribution in [2.24, 2.45) is 5.92 Å². The van der Waals surface area contributed by atoms with Crippen molar-refractivity contribution in [1.29, 1.82) is 0 Å². The van der Waals surface area contributed by atoms with Gasteiger partial charge in [0.1, 0.15) is 5.69 Å². The molecule has 0 aromatic carbocycles. The fraction of sp³-hybridized carbons (Fsp3) is 0.545. The van der Waals surface area contributed by atoms with Crippen LogP contribution < -0.4 is 0 Å². The average Bonchev–Trinajstić information content (AvgIpc) is 2.73. The van der Waals surface area contributed by atoms with Gasteiger partial charge in [-0.05, 0) is 13.0 Å². The van der Waals surface area contributed by atoms with Crippen molar-refractivity contribution < 1.29 is 14.3 Å². The zero-order valence-corrected chi connectivity index (χ0v) is 10.5. The number of aromatic nitrogens is 2. The molecule has 1 N–H and O–H groups in total. The fourth-order valence-corrected chi connectivity index (χ4v) is 1.49. The Bertz CT molecular complexity index is 414. The number of esters is 1. The van der Waals surface area contributed by atoms with E-state index in [4.69, 9.17) is 0 Å². The van der Waals surface area contributed by atoms with E-state index in [1.807, 2.05) is 6.92 Å². The number of rotatable bonds is 4. The van der Waals surface area contributed by atoms with Crippen LogP contribution in [0.2, 0.25) is 0 Å². The third-order valence-electron chi connectivity index (χ3n) is 2.42. The summed E-state index contributed by atoms with van der Waals surface area (Å²) < 4.78 is 4.60. The third kappa shape index (κ3) is 3.30. The Morgan fingerprint density at radius 1 is 1.59 bits per heavy atom. The molecule has 0 aliphatic rings. The predicted molar refractivity (Wildman–Crippen MR) is 61.5 cm³/mol. The summed E-state index contributed by atoms with van der Waals surface area (Å²) in [5, 5.41) is 6.58. The second-order valence-corrected chi connectivity index (χ2v) is 4.05. The largest absolute Gasteiger partial charge is 0.469 e. The monoisotopic (exact) mass is 239 g/mol. The Morgan fingerprint density at radius 2 is 2.24 bits per heavy atom. The number of amides is 1. The number of carbonyl (C=O) groups excluding carboxylic acids is 2. The molecule has 0 fully saturated rings. The van der Waals surface area contributed by atoms with Crippen molar-refractivity contribution in [2.45, 2.75) is 13.8 Å². The molecule has 6 heteroatoms. The first-order valence-electron chi connectivity index (χ1n) is 5.31. The third-order valence-corrected chi connectivity index (χ3v) is 2.42. The lowest BCUT2D eigenvalue weighted by atomic mass is 10.1. The molecule has 1 unspecified atom stereocenters. The van der Waals surface area contributed by atoms with Crippen LogP contribution in [0.25, 0.3) is 0 Å². The summed E-state index contributed by atoms with van der Waals surface area (Å²) in [7, 11) is 2.96. The molecule has 0 aliphatic carbocycles. The van der Waals surface area contributed by atoms with E-state index in [9.17, 15) is 9.59 Å². The topological polar surface area (TPSA) is 75.3 Å². The molecule has 1 rings (SSSR count). The second kappa shape index (κ2) is 5.47. The zero-order valence-electron chi connectivity index (χ0n) is 10.5. The highest BCUT2D eigenvalue weighted by Crippen LogP contribution is 2.06. The van der Waals surface area contributed by atoms with E-state index in [2.05, 4.69) is 14.9 Å². The Kier molecular flexibility index (Phi) is 4.25. The van der Waals surface area contributed by atoms with E-state index < -0.39 is 0 Å². The highest BCUT2D eigenvalue weighted by molar-refractivity contribution is 5.92. The molecule has 1 aromatic rings. The van der Waals surface area contributed by atoms with Gasteiger partial charge in [-0.25, -0.2) is 0 Å². The SMILES string of the molecule is COC(=O)C(C)CN(C)C(=O)c1cc(C)[nH]n1. The van der Waals surface area contributed by atoms with E-state index in [0.717, 1.165) is 5.69 Å². The number of nitrogens with zero attached hydrogens (tertiary/aromatic N) is 2. The van der Waals surface area contributed by atoms with Crippen LogP contribution in [0.4, 0.5) is 0 Å². The Labute approximate surface area is 99.9 Å². The van der Waals surface area contributed by atoms with Gasteiger partial charge in [0.2, 0.25) is 0 Å². The van der Waals surface area contributed by atoms with E-state index in [0.29, 0.717) is 12.2 Å².